The summed E-state index contributed by atoms with van der Waals surface area (Å²) in [7, 11) is 3.91. The van der Waals surface area contributed by atoms with Gasteiger partial charge in [-0.3, -0.25) is 4.99 Å². The molecular weight excluding hydrogens is 461 g/mol. The number of hydrogen-bond acceptors (Lipinski definition) is 3. The van der Waals surface area contributed by atoms with E-state index in [1.54, 1.807) is 13.2 Å². The average molecular weight is 488 g/mol. The number of likely N-dealkylation sites (N-methyl/N-ethyl adjacent to an activating group) is 1. The van der Waals surface area contributed by atoms with Gasteiger partial charge in [-0.15, -0.1) is 24.0 Å². The van der Waals surface area contributed by atoms with Crippen molar-refractivity contribution in [2.24, 2.45) is 4.99 Å². The Morgan fingerprint density at radius 1 is 1.08 bits per heavy atom. The fourth-order valence-corrected chi connectivity index (χ4v) is 2.55. The van der Waals surface area contributed by atoms with Gasteiger partial charge in [-0.05, 0) is 30.7 Å². The second-order valence-electron chi connectivity index (χ2n) is 5.89. The number of nitrogens with zero attached hydrogens (tertiary/aromatic N) is 3. The lowest BCUT2D eigenvalue weighted by Gasteiger charge is -2.18. The van der Waals surface area contributed by atoms with E-state index < -0.39 is 0 Å². The molecule has 1 aromatic carbocycles. The third-order valence-electron chi connectivity index (χ3n) is 3.80. The van der Waals surface area contributed by atoms with Crippen LogP contribution in [0, 0.1) is 0 Å². The number of benzene rings is 1. The van der Waals surface area contributed by atoms with Crippen molar-refractivity contribution in [3.05, 3.63) is 64.9 Å². The van der Waals surface area contributed by atoms with E-state index in [0.717, 1.165) is 44.1 Å². The second-order valence-corrected chi connectivity index (χ2v) is 6.28. The highest BCUT2D eigenvalue weighted by atomic mass is 127. The molecule has 0 radical (unpaired) electrons. The van der Waals surface area contributed by atoms with E-state index in [1.165, 1.54) is 5.56 Å². The lowest BCUT2D eigenvalue weighted by molar-refractivity contribution is 0.331. The van der Waals surface area contributed by atoms with Gasteiger partial charge in [0, 0.05) is 39.4 Å². The van der Waals surface area contributed by atoms with Crippen molar-refractivity contribution < 1.29 is 0 Å². The lowest BCUT2D eigenvalue weighted by Crippen LogP contribution is -2.41. The highest BCUT2D eigenvalue weighted by Gasteiger charge is 2.02. The molecule has 0 aliphatic rings. The molecule has 0 fully saturated rings. The zero-order valence-corrected chi connectivity index (χ0v) is 18.4. The van der Waals surface area contributed by atoms with E-state index in [-0.39, 0.29) is 24.0 Å². The van der Waals surface area contributed by atoms with Crippen LogP contribution in [-0.4, -0.2) is 49.6 Å². The van der Waals surface area contributed by atoms with Crippen LogP contribution < -0.4 is 10.6 Å². The van der Waals surface area contributed by atoms with Gasteiger partial charge in [0.2, 0.25) is 0 Å². The molecule has 5 nitrogen and oxygen atoms in total. The first kappa shape index (κ1) is 22.7. The zero-order chi connectivity index (χ0) is 17.9. The predicted molar refractivity (Wildman–Crippen MR) is 121 cm³/mol. The summed E-state index contributed by atoms with van der Waals surface area (Å²) < 4.78 is 0. The number of pyridine rings is 1. The van der Waals surface area contributed by atoms with Crippen LogP contribution in [0.15, 0.2) is 53.7 Å². The van der Waals surface area contributed by atoms with E-state index in [0.29, 0.717) is 5.15 Å². The maximum Gasteiger partial charge on any atom is 0.191 e. The summed E-state index contributed by atoms with van der Waals surface area (Å²) in [6.07, 6.45) is 2.68. The topological polar surface area (TPSA) is 52.6 Å². The normalized spacial score (nSPS) is 11.2. The third kappa shape index (κ3) is 8.82. The van der Waals surface area contributed by atoms with Gasteiger partial charge in [0.05, 0.1) is 0 Å². The smallest absolute Gasteiger partial charge is 0.191 e. The van der Waals surface area contributed by atoms with Gasteiger partial charge < -0.3 is 15.5 Å². The maximum atomic E-state index is 5.79. The Kier molecular flexibility index (Phi) is 11.2. The molecule has 0 saturated carbocycles. The minimum absolute atomic E-state index is 0. The number of hydrogen-bond donors (Lipinski definition) is 2. The Morgan fingerprint density at radius 3 is 2.46 bits per heavy atom. The quantitative estimate of drug-likeness (QED) is 0.260. The Balaban J connectivity index is 0.00000338. The molecule has 0 atom stereocenters. The lowest BCUT2D eigenvalue weighted by atomic mass is 10.2. The van der Waals surface area contributed by atoms with Crippen molar-refractivity contribution >= 4 is 41.5 Å². The standard InChI is InChI=1S/C19H26ClN5.HI/c1-21-19(22-11-10-16-8-9-18(20)24-14-16)23-12-13-25(2)15-17-6-4-3-5-7-17;/h3-9,14H,10-13,15H2,1-2H3,(H2,21,22,23);1H. The molecule has 0 unspecified atom stereocenters. The Bertz CT molecular complexity index is 649. The second kappa shape index (κ2) is 12.9. The van der Waals surface area contributed by atoms with Crippen molar-refractivity contribution in [2.75, 3.05) is 33.7 Å². The van der Waals surface area contributed by atoms with Crippen LogP contribution in [0.4, 0.5) is 0 Å². The van der Waals surface area contributed by atoms with Gasteiger partial charge in [-0.25, -0.2) is 4.98 Å². The SMILES string of the molecule is CN=C(NCCc1ccc(Cl)nc1)NCCN(C)Cc1ccccc1.I. The number of aliphatic imine (C=N–C) groups is 1. The first-order valence-electron chi connectivity index (χ1n) is 8.45. The first-order valence-corrected chi connectivity index (χ1v) is 8.82. The molecule has 0 saturated heterocycles. The van der Waals surface area contributed by atoms with E-state index in [1.807, 2.05) is 18.2 Å². The molecule has 2 aromatic rings. The molecule has 7 heteroatoms. The molecule has 1 aromatic heterocycles. The predicted octanol–water partition coefficient (Wildman–Crippen LogP) is 3.19. The number of guanidine groups is 1. The summed E-state index contributed by atoms with van der Waals surface area (Å²) in [5.41, 5.74) is 2.47. The number of nitrogens with one attached hydrogen (secondary N) is 2. The fourth-order valence-electron chi connectivity index (χ4n) is 2.44. The van der Waals surface area contributed by atoms with E-state index in [2.05, 4.69) is 56.8 Å². The van der Waals surface area contributed by atoms with Crippen molar-refractivity contribution in [1.29, 1.82) is 0 Å². The zero-order valence-electron chi connectivity index (χ0n) is 15.3. The summed E-state index contributed by atoms with van der Waals surface area (Å²) in [6, 6.07) is 14.3. The van der Waals surface area contributed by atoms with E-state index in [9.17, 15) is 0 Å². The van der Waals surface area contributed by atoms with Gasteiger partial charge >= 0.3 is 0 Å². The van der Waals surface area contributed by atoms with Crippen molar-refractivity contribution in [3.63, 3.8) is 0 Å². The van der Waals surface area contributed by atoms with E-state index in [4.69, 9.17) is 11.6 Å². The molecule has 0 aliphatic heterocycles. The fraction of sp³-hybridized carbons (Fsp3) is 0.368. The van der Waals surface area contributed by atoms with Crippen LogP contribution in [0.1, 0.15) is 11.1 Å². The third-order valence-corrected chi connectivity index (χ3v) is 4.02. The van der Waals surface area contributed by atoms with Crippen molar-refractivity contribution in [2.45, 2.75) is 13.0 Å². The maximum absolute atomic E-state index is 5.79. The Labute approximate surface area is 178 Å². The summed E-state index contributed by atoms with van der Waals surface area (Å²) in [6.45, 7) is 3.52. The van der Waals surface area contributed by atoms with Crippen LogP contribution in [0.3, 0.4) is 0 Å². The van der Waals surface area contributed by atoms with Gasteiger partial charge in [0.1, 0.15) is 5.15 Å². The van der Waals surface area contributed by atoms with Gasteiger partial charge in [0.25, 0.3) is 0 Å². The summed E-state index contributed by atoms with van der Waals surface area (Å²) in [5, 5.41) is 7.18. The molecule has 0 aliphatic carbocycles. The van der Waals surface area contributed by atoms with Gasteiger partial charge in [0.15, 0.2) is 5.96 Å². The largest absolute Gasteiger partial charge is 0.356 e. The Morgan fingerprint density at radius 2 is 1.81 bits per heavy atom. The van der Waals surface area contributed by atoms with Crippen LogP contribution in [0.5, 0.6) is 0 Å². The summed E-state index contributed by atoms with van der Waals surface area (Å²) in [4.78, 5) is 10.6. The monoisotopic (exact) mass is 487 g/mol. The summed E-state index contributed by atoms with van der Waals surface area (Å²) >= 11 is 5.79. The number of rotatable bonds is 8. The minimum atomic E-state index is 0. The minimum Gasteiger partial charge on any atom is -0.356 e. The van der Waals surface area contributed by atoms with E-state index >= 15 is 0 Å². The Hall–Kier alpha value is -1.38. The van der Waals surface area contributed by atoms with Gasteiger partial charge in [-0.1, -0.05) is 48.0 Å². The molecule has 2 rings (SSSR count). The van der Waals surface area contributed by atoms with Crippen LogP contribution in [-0.2, 0) is 13.0 Å². The molecule has 0 spiro atoms. The molecule has 1 heterocycles. The van der Waals surface area contributed by atoms with Gasteiger partial charge in [-0.2, -0.15) is 0 Å². The molecule has 2 N–H and O–H groups in total. The van der Waals surface area contributed by atoms with Crippen LogP contribution in [0.25, 0.3) is 0 Å². The first-order chi connectivity index (χ1) is 12.2. The van der Waals surface area contributed by atoms with Crippen molar-refractivity contribution in [3.8, 4) is 0 Å². The highest BCUT2D eigenvalue weighted by Crippen LogP contribution is 2.05. The molecule has 0 amide bonds. The molecule has 142 valence electrons. The molecule has 26 heavy (non-hydrogen) atoms. The number of halogens is 2. The highest BCUT2D eigenvalue weighted by molar-refractivity contribution is 14.0. The average Bonchev–Trinajstić information content (AvgIpc) is 2.63. The summed E-state index contributed by atoms with van der Waals surface area (Å²) in [5.74, 6) is 0.815. The van der Waals surface area contributed by atoms with Crippen LogP contribution in [0.2, 0.25) is 5.15 Å². The van der Waals surface area contributed by atoms with Crippen LogP contribution >= 0.6 is 35.6 Å². The number of aromatic nitrogens is 1. The molecular formula is C19H27ClIN5. The molecule has 0 bridgehead atoms. The van der Waals surface area contributed by atoms with Crippen molar-refractivity contribution in [1.82, 2.24) is 20.5 Å².